The Labute approximate surface area is 112 Å². The van der Waals surface area contributed by atoms with Crippen molar-refractivity contribution in [1.29, 1.82) is 0 Å². The number of hydrogen-bond acceptors (Lipinski definition) is 2. The average Bonchev–Trinajstić information content (AvgIpc) is 2.32. The summed E-state index contributed by atoms with van der Waals surface area (Å²) >= 11 is 0. The van der Waals surface area contributed by atoms with Crippen LogP contribution >= 0.6 is 0 Å². The van der Waals surface area contributed by atoms with Crippen LogP contribution in [0.5, 0.6) is 0 Å². The van der Waals surface area contributed by atoms with Gasteiger partial charge < -0.3 is 10.1 Å². The van der Waals surface area contributed by atoms with E-state index in [0.29, 0.717) is 25.7 Å². The summed E-state index contributed by atoms with van der Waals surface area (Å²) in [5, 5.41) is 2.96. The van der Waals surface area contributed by atoms with Crippen LogP contribution in [0.4, 0.5) is 13.2 Å². The van der Waals surface area contributed by atoms with Gasteiger partial charge in [0, 0.05) is 19.7 Å². The molecule has 0 aliphatic rings. The zero-order valence-electron chi connectivity index (χ0n) is 11.3. The maximum atomic E-state index is 12.7. The van der Waals surface area contributed by atoms with Crippen molar-refractivity contribution in [2.24, 2.45) is 5.92 Å². The monoisotopic (exact) mass is 275 g/mol. The van der Waals surface area contributed by atoms with E-state index in [1.165, 1.54) is 12.1 Å². The van der Waals surface area contributed by atoms with Gasteiger partial charge in [0.1, 0.15) is 0 Å². The molecule has 0 amide bonds. The van der Waals surface area contributed by atoms with E-state index in [-0.39, 0.29) is 12.1 Å². The molecule has 0 spiro atoms. The van der Waals surface area contributed by atoms with Crippen molar-refractivity contribution in [3.8, 4) is 0 Å². The second kappa shape index (κ2) is 7.50. The molecule has 0 fully saturated rings. The van der Waals surface area contributed by atoms with Crippen molar-refractivity contribution in [2.45, 2.75) is 26.6 Å². The molecule has 1 aromatic carbocycles. The number of ether oxygens (including phenoxy) is 1. The van der Waals surface area contributed by atoms with E-state index in [4.69, 9.17) is 4.74 Å². The molecule has 0 aromatic heterocycles. The molecule has 2 nitrogen and oxygen atoms in total. The molecule has 108 valence electrons. The lowest BCUT2D eigenvalue weighted by Gasteiger charge is -2.13. The molecule has 0 heterocycles. The Balaban J connectivity index is 2.37. The Morgan fingerprint density at radius 3 is 2.53 bits per heavy atom. The van der Waals surface area contributed by atoms with Crippen molar-refractivity contribution in [1.82, 2.24) is 5.32 Å². The van der Waals surface area contributed by atoms with E-state index in [2.05, 4.69) is 5.32 Å². The van der Waals surface area contributed by atoms with Crippen LogP contribution in [0.1, 0.15) is 25.0 Å². The van der Waals surface area contributed by atoms with Crippen LogP contribution in [0.2, 0.25) is 0 Å². The second-order valence-electron chi connectivity index (χ2n) is 4.80. The van der Waals surface area contributed by atoms with Crippen LogP contribution < -0.4 is 5.32 Å². The van der Waals surface area contributed by atoms with Gasteiger partial charge >= 0.3 is 6.18 Å². The Bertz CT molecular complexity index is 377. The second-order valence-corrected chi connectivity index (χ2v) is 4.80. The molecule has 19 heavy (non-hydrogen) atoms. The molecule has 0 saturated carbocycles. The quantitative estimate of drug-likeness (QED) is 0.769. The van der Waals surface area contributed by atoms with E-state index in [1.54, 1.807) is 6.07 Å². The predicted molar refractivity (Wildman–Crippen MR) is 68.8 cm³/mol. The number of benzene rings is 1. The molecular weight excluding hydrogens is 255 g/mol. The summed E-state index contributed by atoms with van der Waals surface area (Å²) in [6.45, 7) is 6.01. The van der Waals surface area contributed by atoms with Crippen molar-refractivity contribution in [3.63, 3.8) is 0 Å². The average molecular weight is 275 g/mol. The highest BCUT2D eigenvalue weighted by Crippen LogP contribution is 2.31. The maximum Gasteiger partial charge on any atom is 0.416 e. The summed E-state index contributed by atoms with van der Waals surface area (Å²) in [5.41, 5.74) is -0.315. The normalized spacial score (nSPS) is 12.1. The number of nitrogens with one attached hydrogen (secondary N) is 1. The Kier molecular flexibility index (Phi) is 6.31. The molecular formula is C14H20F3NO. The van der Waals surface area contributed by atoms with Crippen molar-refractivity contribution >= 4 is 0 Å². The zero-order valence-corrected chi connectivity index (χ0v) is 11.3. The fraction of sp³-hybridized carbons (Fsp3) is 0.571. The van der Waals surface area contributed by atoms with Gasteiger partial charge in [-0.25, -0.2) is 0 Å². The Hall–Kier alpha value is -1.07. The molecule has 1 aromatic rings. The van der Waals surface area contributed by atoms with Crippen molar-refractivity contribution < 1.29 is 17.9 Å². The Morgan fingerprint density at radius 1 is 1.21 bits per heavy atom. The molecule has 1 rings (SSSR count). The lowest BCUT2D eigenvalue weighted by molar-refractivity contribution is -0.138. The summed E-state index contributed by atoms with van der Waals surface area (Å²) in [7, 11) is 0. The molecule has 0 atom stereocenters. The first-order chi connectivity index (χ1) is 8.91. The van der Waals surface area contributed by atoms with Gasteiger partial charge in [-0.15, -0.1) is 0 Å². The smallest absolute Gasteiger partial charge is 0.380 e. The summed E-state index contributed by atoms with van der Waals surface area (Å²) in [5.74, 6) is 0.464. The number of halogens is 3. The lowest BCUT2D eigenvalue weighted by atomic mass is 10.1. The Morgan fingerprint density at radius 2 is 1.89 bits per heavy atom. The molecule has 0 bridgehead atoms. The predicted octanol–water partition coefficient (Wildman–Crippen LogP) is 3.47. The third kappa shape index (κ3) is 6.07. The first kappa shape index (κ1) is 16.0. The van der Waals surface area contributed by atoms with Gasteiger partial charge in [0.05, 0.1) is 12.2 Å². The van der Waals surface area contributed by atoms with E-state index < -0.39 is 11.7 Å². The molecule has 0 aliphatic heterocycles. The summed E-state index contributed by atoms with van der Waals surface area (Å²) < 4.78 is 43.5. The first-order valence-corrected chi connectivity index (χ1v) is 6.35. The van der Waals surface area contributed by atoms with Crippen molar-refractivity contribution in [3.05, 3.63) is 35.4 Å². The highest BCUT2D eigenvalue weighted by molar-refractivity contribution is 5.29. The number of alkyl halides is 3. The van der Waals surface area contributed by atoms with E-state index in [1.807, 2.05) is 13.8 Å². The summed E-state index contributed by atoms with van der Waals surface area (Å²) in [6, 6.07) is 5.61. The highest BCUT2D eigenvalue weighted by Gasteiger charge is 2.32. The number of hydrogen-bond donors (Lipinski definition) is 1. The first-order valence-electron chi connectivity index (χ1n) is 6.35. The molecule has 1 N–H and O–H groups in total. The minimum Gasteiger partial charge on any atom is -0.380 e. The van der Waals surface area contributed by atoms with Gasteiger partial charge in [-0.2, -0.15) is 13.2 Å². The van der Waals surface area contributed by atoms with Crippen LogP contribution in [0.3, 0.4) is 0 Å². The molecule has 0 unspecified atom stereocenters. The van der Waals surface area contributed by atoms with E-state index in [9.17, 15) is 13.2 Å². The van der Waals surface area contributed by atoms with E-state index >= 15 is 0 Å². The zero-order chi connectivity index (χ0) is 14.3. The SMILES string of the molecule is CC(C)COCCNCc1ccccc1C(F)(F)F. The minimum absolute atomic E-state index is 0.195. The fourth-order valence-electron chi connectivity index (χ4n) is 1.64. The minimum atomic E-state index is -4.30. The van der Waals surface area contributed by atoms with Gasteiger partial charge in [0.15, 0.2) is 0 Å². The molecule has 0 saturated heterocycles. The van der Waals surface area contributed by atoms with Crippen LogP contribution in [0.15, 0.2) is 24.3 Å². The summed E-state index contributed by atoms with van der Waals surface area (Å²) in [6.07, 6.45) is -4.30. The topological polar surface area (TPSA) is 21.3 Å². The highest BCUT2D eigenvalue weighted by atomic mass is 19.4. The molecule has 0 aliphatic carbocycles. The van der Waals surface area contributed by atoms with Gasteiger partial charge in [0.25, 0.3) is 0 Å². The van der Waals surface area contributed by atoms with Crippen LogP contribution in [0.25, 0.3) is 0 Å². The van der Waals surface area contributed by atoms with Gasteiger partial charge in [0.2, 0.25) is 0 Å². The lowest BCUT2D eigenvalue weighted by Crippen LogP contribution is -2.22. The third-order valence-corrected chi connectivity index (χ3v) is 2.51. The van der Waals surface area contributed by atoms with Crippen LogP contribution in [0, 0.1) is 5.92 Å². The maximum absolute atomic E-state index is 12.7. The largest absolute Gasteiger partial charge is 0.416 e. The van der Waals surface area contributed by atoms with E-state index in [0.717, 1.165) is 6.07 Å². The van der Waals surface area contributed by atoms with Crippen molar-refractivity contribution in [2.75, 3.05) is 19.8 Å². The fourth-order valence-corrected chi connectivity index (χ4v) is 1.64. The van der Waals surface area contributed by atoms with Gasteiger partial charge in [-0.05, 0) is 17.5 Å². The van der Waals surface area contributed by atoms with Gasteiger partial charge in [-0.3, -0.25) is 0 Å². The van der Waals surface area contributed by atoms with Crippen LogP contribution in [-0.4, -0.2) is 19.8 Å². The summed E-state index contributed by atoms with van der Waals surface area (Å²) in [4.78, 5) is 0. The van der Waals surface area contributed by atoms with Crippen LogP contribution in [-0.2, 0) is 17.5 Å². The third-order valence-electron chi connectivity index (χ3n) is 2.51. The molecule has 5 heteroatoms. The number of rotatable bonds is 7. The molecule has 0 radical (unpaired) electrons. The van der Waals surface area contributed by atoms with Gasteiger partial charge in [-0.1, -0.05) is 32.0 Å². The standard InChI is InChI=1S/C14H20F3NO/c1-11(2)10-19-8-7-18-9-12-5-3-4-6-13(12)14(15,16)17/h3-6,11,18H,7-10H2,1-2H3.